The average Bonchev–Trinajstić information content (AvgIpc) is 2.19. The Kier molecular flexibility index (Phi) is 3.94. The third-order valence-electron chi connectivity index (χ3n) is 1.95. The van der Waals surface area contributed by atoms with Crippen LogP contribution in [0.15, 0.2) is 24.3 Å². The van der Waals surface area contributed by atoms with Crippen LogP contribution in [0.3, 0.4) is 0 Å². The van der Waals surface area contributed by atoms with Crippen LogP contribution < -0.4 is 10.2 Å². The second-order valence-corrected chi connectivity index (χ2v) is 2.96. The van der Waals surface area contributed by atoms with E-state index in [1.54, 1.807) is 0 Å². The maximum Gasteiger partial charge on any atom is 0.211 e. The molecule has 0 aromatic heterocycles. The van der Waals surface area contributed by atoms with Crippen molar-refractivity contribution in [1.29, 1.82) is 0 Å². The summed E-state index contributed by atoms with van der Waals surface area (Å²) >= 11 is 0. The minimum absolute atomic E-state index is 0.113. The molecular formula is C10H14N2O2. The van der Waals surface area contributed by atoms with Gasteiger partial charge >= 0.3 is 0 Å². The Labute approximate surface area is 83.2 Å². The molecule has 1 rings (SSSR count). The maximum atomic E-state index is 10.2. The molecule has 0 spiro atoms. The molecule has 14 heavy (non-hydrogen) atoms. The van der Waals surface area contributed by atoms with Crippen molar-refractivity contribution in [3.8, 4) is 0 Å². The molecule has 1 amide bonds. The second-order valence-electron chi connectivity index (χ2n) is 2.96. The van der Waals surface area contributed by atoms with Gasteiger partial charge in [-0.1, -0.05) is 6.07 Å². The van der Waals surface area contributed by atoms with Crippen molar-refractivity contribution >= 4 is 17.8 Å². The van der Waals surface area contributed by atoms with Crippen LogP contribution in [0, 0.1) is 0 Å². The molecule has 0 atom stereocenters. The molecule has 0 fully saturated rings. The Balaban J connectivity index is 2.76. The molecule has 1 aromatic carbocycles. The zero-order valence-electron chi connectivity index (χ0n) is 8.10. The van der Waals surface area contributed by atoms with E-state index in [9.17, 15) is 4.79 Å². The van der Waals surface area contributed by atoms with E-state index in [2.05, 4.69) is 5.32 Å². The van der Waals surface area contributed by atoms with Crippen molar-refractivity contribution in [3.63, 3.8) is 0 Å². The smallest absolute Gasteiger partial charge is 0.211 e. The number of hydrogen-bond acceptors (Lipinski definition) is 3. The highest BCUT2D eigenvalue weighted by atomic mass is 16.3. The van der Waals surface area contributed by atoms with Crippen molar-refractivity contribution in [1.82, 2.24) is 0 Å². The minimum Gasteiger partial charge on any atom is -0.395 e. The van der Waals surface area contributed by atoms with E-state index in [0.29, 0.717) is 13.0 Å². The molecular weight excluding hydrogens is 180 g/mol. The predicted octanol–water partition coefficient (Wildman–Crippen LogP) is 0.683. The highest BCUT2D eigenvalue weighted by Crippen LogP contribution is 2.17. The van der Waals surface area contributed by atoms with Crippen LogP contribution in [0.5, 0.6) is 0 Å². The van der Waals surface area contributed by atoms with E-state index < -0.39 is 0 Å². The first-order chi connectivity index (χ1) is 6.77. The van der Waals surface area contributed by atoms with Crippen molar-refractivity contribution in [3.05, 3.63) is 24.3 Å². The summed E-state index contributed by atoms with van der Waals surface area (Å²) in [7, 11) is 1.89. The Bertz CT molecular complexity index is 302. The summed E-state index contributed by atoms with van der Waals surface area (Å²) in [5, 5.41) is 11.3. The quantitative estimate of drug-likeness (QED) is 0.678. The number of benzene rings is 1. The number of carbonyl (C=O) groups excluding carboxylic acids is 1. The maximum absolute atomic E-state index is 10.2. The fraction of sp³-hybridized carbons (Fsp3) is 0.300. The Morgan fingerprint density at radius 2 is 2.36 bits per heavy atom. The molecule has 76 valence electrons. The van der Waals surface area contributed by atoms with Crippen LogP contribution in [0.2, 0.25) is 0 Å². The average molecular weight is 194 g/mol. The second kappa shape index (κ2) is 5.24. The number of anilines is 2. The van der Waals surface area contributed by atoms with Crippen LogP contribution in [0.1, 0.15) is 0 Å². The Morgan fingerprint density at radius 1 is 1.57 bits per heavy atom. The molecule has 0 aliphatic rings. The number of aliphatic hydroxyl groups excluding tert-OH is 1. The van der Waals surface area contributed by atoms with Crippen LogP contribution >= 0.6 is 0 Å². The molecule has 0 unspecified atom stereocenters. The molecule has 0 heterocycles. The third-order valence-corrected chi connectivity index (χ3v) is 1.95. The SMILES string of the molecule is CN(CCO)c1cccc(NC=O)c1. The molecule has 0 aliphatic heterocycles. The van der Waals surface area contributed by atoms with Crippen molar-refractivity contribution in [2.75, 3.05) is 30.4 Å². The van der Waals surface area contributed by atoms with Crippen LogP contribution in [-0.4, -0.2) is 31.7 Å². The zero-order chi connectivity index (χ0) is 10.4. The van der Waals surface area contributed by atoms with Gasteiger partial charge in [0.2, 0.25) is 6.41 Å². The molecule has 0 bridgehead atoms. The number of rotatable bonds is 5. The summed E-state index contributed by atoms with van der Waals surface area (Å²) in [6.45, 7) is 0.687. The Hall–Kier alpha value is -1.55. The van der Waals surface area contributed by atoms with E-state index in [-0.39, 0.29) is 6.61 Å². The van der Waals surface area contributed by atoms with E-state index >= 15 is 0 Å². The highest BCUT2D eigenvalue weighted by Gasteiger charge is 2.00. The van der Waals surface area contributed by atoms with Crippen molar-refractivity contribution in [2.45, 2.75) is 0 Å². The lowest BCUT2D eigenvalue weighted by molar-refractivity contribution is -0.105. The van der Waals surface area contributed by atoms with Gasteiger partial charge in [-0.25, -0.2) is 0 Å². The van der Waals surface area contributed by atoms with Crippen LogP contribution in [0.4, 0.5) is 11.4 Å². The van der Waals surface area contributed by atoms with Crippen LogP contribution in [0.25, 0.3) is 0 Å². The normalized spacial score (nSPS) is 9.57. The number of carbonyl (C=O) groups is 1. The number of nitrogens with zero attached hydrogens (tertiary/aromatic N) is 1. The zero-order valence-corrected chi connectivity index (χ0v) is 8.10. The molecule has 0 radical (unpaired) electrons. The standard InChI is InChI=1S/C10H14N2O2/c1-12(5-6-13)10-4-2-3-9(7-10)11-8-14/h2-4,7-8,13H,5-6H2,1H3,(H,11,14). The lowest BCUT2D eigenvalue weighted by Crippen LogP contribution is -2.21. The summed E-state index contributed by atoms with van der Waals surface area (Å²) in [5.74, 6) is 0. The summed E-state index contributed by atoms with van der Waals surface area (Å²) in [6.07, 6.45) is 0.644. The summed E-state index contributed by atoms with van der Waals surface area (Å²) in [5.41, 5.74) is 1.72. The summed E-state index contributed by atoms with van der Waals surface area (Å²) in [4.78, 5) is 12.1. The first-order valence-corrected chi connectivity index (χ1v) is 4.40. The van der Waals surface area contributed by atoms with Gasteiger partial charge in [-0.05, 0) is 18.2 Å². The minimum atomic E-state index is 0.113. The molecule has 2 N–H and O–H groups in total. The van der Waals surface area contributed by atoms with Gasteiger partial charge in [0, 0.05) is 25.0 Å². The van der Waals surface area contributed by atoms with Gasteiger partial charge in [0.05, 0.1) is 6.61 Å². The first kappa shape index (κ1) is 10.5. The highest BCUT2D eigenvalue weighted by molar-refractivity contribution is 5.73. The lowest BCUT2D eigenvalue weighted by Gasteiger charge is -2.18. The Morgan fingerprint density at radius 3 is 3.00 bits per heavy atom. The topological polar surface area (TPSA) is 52.6 Å². The molecule has 4 heteroatoms. The fourth-order valence-corrected chi connectivity index (χ4v) is 1.18. The van der Waals surface area contributed by atoms with E-state index in [4.69, 9.17) is 5.11 Å². The van der Waals surface area contributed by atoms with Gasteiger partial charge in [-0.15, -0.1) is 0 Å². The first-order valence-electron chi connectivity index (χ1n) is 4.40. The summed E-state index contributed by atoms with van der Waals surface area (Å²) in [6, 6.07) is 7.44. The van der Waals surface area contributed by atoms with Gasteiger partial charge in [-0.3, -0.25) is 4.79 Å². The third kappa shape index (κ3) is 2.74. The van der Waals surface area contributed by atoms with Gasteiger partial charge in [0.15, 0.2) is 0 Å². The lowest BCUT2D eigenvalue weighted by atomic mass is 10.2. The van der Waals surface area contributed by atoms with Crippen LogP contribution in [-0.2, 0) is 4.79 Å². The predicted molar refractivity (Wildman–Crippen MR) is 56.5 cm³/mol. The number of aliphatic hydroxyl groups is 1. The molecule has 1 aromatic rings. The molecule has 4 nitrogen and oxygen atoms in total. The number of amides is 1. The van der Waals surface area contributed by atoms with Crippen molar-refractivity contribution < 1.29 is 9.90 Å². The van der Waals surface area contributed by atoms with Crippen molar-refractivity contribution in [2.24, 2.45) is 0 Å². The summed E-state index contributed by atoms with van der Waals surface area (Å²) < 4.78 is 0. The van der Waals surface area contributed by atoms with Gasteiger partial charge < -0.3 is 15.3 Å². The fourth-order valence-electron chi connectivity index (χ4n) is 1.18. The van der Waals surface area contributed by atoms with E-state index in [1.165, 1.54) is 0 Å². The van der Waals surface area contributed by atoms with E-state index in [0.717, 1.165) is 11.4 Å². The number of likely N-dealkylation sites (N-methyl/N-ethyl adjacent to an activating group) is 1. The number of hydrogen-bond donors (Lipinski definition) is 2. The van der Waals surface area contributed by atoms with Gasteiger partial charge in [-0.2, -0.15) is 0 Å². The monoisotopic (exact) mass is 194 g/mol. The largest absolute Gasteiger partial charge is 0.395 e. The van der Waals surface area contributed by atoms with E-state index in [1.807, 2.05) is 36.2 Å². The molecule has 0 saturated carbocycles. The molecule has 0 aliphatic carbocycles. The number of nitrogens with one attached hydrogen (secondary N) is 1. The van der Waals surface area contributed by atoms with Gasteiger partial charge in [0.1, 0.15) is 0 Å². The van der Waals surface area contributed by atoms with Gasteiger partial charge in [0.25, 0.3) is 0 Å². The molecule has 0 saturated heterocycles.